The van der Waals surface area contributed by atoms with Crippen molar-refractivity contribution in [1.29, 1.82) is 0 Å². The summed E-state index contributed by atoms with van der Waals surface area (Å²) in [4.78, 5) is 11.3. The fourth-order valence-electron chi connectivity index (χ4n) is 1.34. The van der Waals surface area contributed by atoms with E-state index < -0.39 is 11.6 Å². The molecule has 6 heteroatoms. The predicted octanol–water partition coefficient (Wildman–Crippen LogP) is 2.64. The Kier molecular flexibility index (Phi) is 4.85. The maximum atomic E-state index is 11.3. The second kappa shape index (κ2) is 5.78. The lowest BCUT2D eigenvalue weighted by atomic mass is 10.1. The lowest BCUT2D eigenvalue weighted by Crippen LogP contribution is -2.42. The molecule has 0 radical (unpaired) electrons. The number of ether oxygens (including phenoxy) is 1. The van der Waals surface area contributed by atoms with Crippen molar-refractivity contribution in [1.82, 2.24) is 0 Å². The molecule has 0 spiro atoms. The Morgan fingerprint density at radius 2 is 2.06 bits per heavy atom. The van der Waals surface area contributed by atoms with Crippen LogP contribution in [0.2, 0.25) is 10.0 Å². The molecule has 0 amide bonds. The number of hydrogen-bond acceptors (Lipinski definition) is 4. The van der Waals surface area contributed by atoms with Crippen LogP contribution in [-0.2, 0) is 9.53 Å². The van der Waals surface area contributed by atoms with E-state index in [-0.39, 0.29) is 6.54 Å². The van der Waals surface area contributed by atoms with Gasteiger partial charge in [0.2, 0.25) is 0 Å². The highest BCUT2D eigenvalue weighted by atomic mass is 35.5. The van der Waals surface area contributed by atoms with E-state index in [1.54, 1.807) is 12.1 Å². The van der Waals surface area contributed by atoms with Gasteiger partial charge < -0.3 is 15.2 Å². The first-order valence-electron chi connectivity index (χ1n) is 5.28. The first kappa shape index (κ1) is 15.1. The minimum atomic E-state index is -1.63. The number of methoxy groups -OCH3 is 1. The lowest BCUT2D eigenvalue weighted by molar-refractivity contribution is -0.158. The number of carbonyl (C=O) groups excluding carboxylic acids is 1. The van der Waals surface area contributed by atoms with Crippen molar-refractivity contribution in [2.45, 2.75) is 19.4 Å². The number of nitrogens with one attached hydrogen (secondary N) is 1. The van der Waals surface area contributed by atoms with Crippen LogP contribution >= 0.6 is 23.2 Å². The molecule has 1 aromatic carbocycles. The third-order valence-corrected chi connectivity index (χ3v) is 3.22. The van der Waals surface area contributed by atoms with E-state index in [0.29, 0.717) is 15.7 Å². The van der Waals surface area contributed by atoms with Crippen molar-refractivity contribution in [3.8, 4) is 0 Å². The van der Waals surface area contributed by atoms with E-state index >= 15 is 0 Å². The Labute approximate surface area is 116 Å². The van der Waals surface area contributed by atoms with Gasteiger partial charge in [-0.3, -0.25) is 0 Å². The molecular weight excluding hydrogens is 277 g/mol. The number of aryl methyl sites for hydroxylation is 1. The summed E-state index contributed by atoms with van der Waals surface area (Å²) in [6, 6.07) is 3.35. The molecular formula is C12H15Cl2NO3. The van der Waals surface area contributed by atoms with Gasteiger partial charge in [0.25, 0.3) is 0 Å². The monoisotopic (exact) mass is 291 g/mol. The number of rotatable bonds is 4. The van der Waals surface area contributed by atoms with Gasteiger partial charge >= 0.3 is 5.97 Å². The molecule has 100 valence electrons. The summed E-state index contributed by atoms with van der Waals surface area (Å²) in [5, 5.41) is 13.7. The molecule has 1 rings (SSSR count). The summed E-state index contributed by atoms with van der Waals surface area (Å²) in [6.07, 6.45) is 0. The van der Waals surface area contributed by atoms with Crippen molar-refractivity contribution in [3.05, 3.63) is 27.7 Å². The van der Waals surface area contributed by atoms with Crippen LogP contribution in [0, 0.1) is 6.92 Å². The zero-order valence-electron chi connectivity index (χ0n) is 10.4. The van der Waals surface area contributed by atoms with Gasteiger partial charge in [-0.05, 0) is 31.5 Å². The van der Waals surface area contributed by atoms with Gasteiger partial charge in [0.1, 0.15) is 0 Å². The summed E-state index contributed by atoms with van der Waals surface area (Å²) in [6.45, 7) is 3.16. The summed E-state index contributed by atoms with van der Waals surface area (Å²) >= 11 is 12.0. The van der Waals surface area contributed by atoms with Crippen LogP contribution in [0.1, 0.15) is 12.5 Å². The molecule has 2 N–H and O–H groups in total. The minimum absolute atomic E-state index is 0.0290. The second-order valence-electron chi connectivity index (χ2n) is 4.20. The third kappa shape index (κ3) is 3.51. The van der Waals surface area contributed by atoms with Gasteiger partial charge in [-0.2, -0.15) is 0 Å². The molecule has 0 fully saturated rings. The zero-order valence-corrected chi connectivity index (χ0v) is 11.9. The van der Waals surface area contributed by atoms with Crippen LogP contribution in [0.25, 0.3) is 0 Å². The molecule has 1 unspecified atom stereocenters. The maximum absolute atomic E-state index is 11.3. The number of halogens is 2. The molecule has 0 saturated carbocycles. The second-order valence-corrected chi connectivity index (χ2v) is 5.01. The van der Waals surface area contributed by atoms with Crippen LogP contribution in [0.15, 0.2) is 12.1 Å². The van der Waals surface area contributed by atoms with Crippen molar-refractivity contribution in [2.75, 3.05) is 19.0 Å². The standard InChI is InChI=1S/C12H15Cl2NO3/c1-7-4-9(14)10(5-8(7)13)15-6-12(2,17)11(16)18-3/h4-5,15,17H,6H2,1-3H3. The number of anilines is 1. The SMILES string of the molecule is COC(=O)C(C)(O)CNc1cc(Cl)c(C)cc1Cl. The number of hydrogen-bond donors (Lipinski definition) is 2. The Bertz CT molecular complexity index is 461. The van der Waals surface area contributed by atoms with E-state index in [1.807, 2.05) is 6.92 Å². The first-order valence-corrected chi connectivity index (χ1v) is 6.04. The Hall–Kier alpha value is -0.970. The highest BCUT2D eigenvalue weighted by Gasteiger charge is 2.31. The Morgan fingerprint density at radius 1 is 1.44 bits per heavy atom. The fourth-order valence-corrected chi connectivity index (χ4v) is 1.79. The molecule has 4 nitrogen and oxygen atoms in total. The van der Waals surface area contributed by atoms with Gasteiger partial charge in [-0.25, -0.2) is 4.79 Å². The first-order chi connectivity index (χ1) is 8.27. The van der Waals surface area contributed by atoms with Crippen molar-refractivity contribution in [3.63, 3.8) is 0 Å². The van der Waals surface area contributed by atoms with E-state index in [2.05, 4.69) is 10.1 Å². The van der Waals surface area contributed by atoms with Gasteiger partial charge in [-0.1, -0.05) is 23.2 Å². The van der Waals surface area contributed by atoms with Gasteiger partial charge in [0.05, 0.1) is 24.4 Å². The van der Waals surface area contributed by atoms with Crippen LogP contribution < -0.4 is 5.32 Å². The molecule has 0 heterocycles. The summed E-state index contributed by atoms with van der Waals surface area (Å²) in [5.41, 5.74) is -0.224. The quantitative estimate of drug-likeness (QED) is 0.838. The predicted molar refractivity (Wildman–Crippen MR) is 72.3 cm³/mol. The van der Waals surface area contributed by atoms with Gasteiger partial charge in [0, 0.05) is 5.02 Å². The Morgan fingerprint density at radius 3 is 2.61 bits per heavy atom. The van der Waals surface area contributed by atoms with Gasteiger partial charge in [-0.15, -0.1) is 0 Å². The summed E-state index contributed by atoms with van der Waals surface area (Å²) in [5.74, 6) is -0.718. The van der Waals surface area contributed by atoms with Crippen molar-refractivity contribution >= 4 is 34.9 Å². The number of carbonyl (C=O) groups is 1. The molecule has 1 aromatic rings. The average Bonchev–Trinajstić information content (AvgIpc) is 2.31. The highest BCUT2D eigenvalue weighted by Crippen LogP contribution is 2.29. The number of esters is 1. The number of aliphatic hydroxyl groups is 1. The van der Waals surface area contributed by atoms with E-state index in [9.17, 15) is 9.90 Å². The molecule has 1 atom stereocenters. The zero-order chi connectivity index (χ0) is 13.9. The van der Waals surface area contributed by atoms with E-state index in [0.717, 1.165) is 5.56 Å². The fraction of sp³-hybridized carbons (Fsp3) is 0.417. The molecule has 0 aliphatic heterocycles. The molecule has 0 aromatic heterocycles. The average molecular weight is 292 g/mol. The molecule has 0 aliphatic rings. The molecule has 0 aliphatic carbocycles. The summed E-state index contributed by atoms with van der Waals surface area (Å²) in [7, 11) is 1.21. The normalized spacial score (nSPS) is 13.9. The van der Waals surface area contributed by atoms with E-state index in [4.69, 9.17) is 23.2 Å². The van der Waals surface area contributed by atoms with Crippen molar-refractivity contribution < 1.29 is 14.6 Å². The summed E-state index contributed by atoms with van der Waals surface area (Å²) < 4.78 is 4.49. The maximum Gasteiger partial charge on any atom is 0.339 e. The number of benzene rings is 1. The minimum Gasteiger partial charge on any atom is -0.467 e. The largest absolute Gasteiger partial charge is 0.467 e. The molecule has 0 saturated heterocycles. The van der Waals surface area contributed by atoms with Gasteiger partial charge in [0.15, 0.2) is 5.60 Å². The van der Waals surface area contributed by atoms with Crippen LogP contribution in [0.3, 0.4) is 0 Å². The van der Waals surface area contributed by atoms with Crippen molar-refractivity contribution in [2.24, 2.45) is 0 Å². The topological polar surface area (TPSA) is 58.6 Å². The van der Waals surface area contributed by atoms with Crippen LogP contribution in [0.4, 0.5) is 5.69 Å². The van der Waals surface area contributed by atoms with Crippen LogP contribution in [0.5, 0.6) is 0 Å². The smallest absolute Gasteiger partial charge is 0.339 e. The lowest BCUT2D eigenvalue weighted by Gasteiger charge is -2.21. The van der Waals surface area contributed by atoms with Crippen LogP contribution in [-0.4, -0.2) is 30.3 Å². The third-order valence-electron chi connectivity index (χ3n) is 2.50. The molecule has 18 heavy (non-hydrogen) atoms. The van der Waals surface area contributed by atoms with E-state index in [1.165, 1.54) is 14.0 Å². The molecule has 0 bridgehead atoms. The highest BCUT2D eigenvalue weighted by molar-refractivity contribution is 6.35. The Balaban J connectivity index is 2.81.